The predicted octanol–water partition coefficient (Wildman–Crippen LogP) is 2.09. The summed E-state index contributed by atoms with van der Waals surface area (Å²) in [6.07, 6.45) is 6.56. The molecule has 88 valence electrons. The van der Waals surface area contributed by atoms with Crippen LogP contribution in [0.25, 0.3) is 0 Å². The minimum absolute atomic E-state index is 0.139. The Bertz CT molecular complexity index is 202. The van der Waals surface area contributed by atoms with Gasteiger partial charge in [0, 0.05) is 36.2 Å². The lowest BCUT2D eigenvalue weighted by molar-refractivity contribution is 0.177. The van der Waals surface area contributed by atoms with Crippen molar-refractivity contribution in [3.8, 4) is 0 Å². The van der Waals surface area contributed by atoms with E-state index in [2.05, 4.69) is 23.6 Å². The maximum atomic E-state index is 6.49. The summed E-state index contributed by atoms with van der Waals surface area (Å²) in [6, 6.07) is 0. The van der Waals surface area contributed by atoms with Crippen molar-refractivity contribution in [2.45, 2.75) is 49.8 Å². The van der Waals surface area contributed by atoms with Crippen LogP contribution in [-0.2, 0) is 0 Å². The lowest BCUT2D eigenvalue weighted by Gasteiger charge is -2.40. The quantitative estimate of drug-likeness (QED) is 0.785. The minimum Gasteiger partial charge on any atom is -0.324 e. The number of thioether (sulfide) groups is 1. The molecule has 0 bridgehead atoms. The third-order valence-electron chi connectivity index (χ3n) is 3.71. The van der Waals surface area contributed by atoms with Gasteiger partial charge in [0.1, 0.15) is 0 Å². The maximum Gasteiger partial charge on any atom is 0.0283 e. The van der Waals surface area contributed by atoms with Gasteiger partial charge in [-0.05, 0) is 12.8 Å². The van der Waals surface area contributed by atoms with Crippen molar-refractivity contribution >= 4 is 11.8 Å². The van der Waals surface area contributed by atoms with E-state index in [-0.39, 0.29) is 5.54 Å². The minimum atomic E-state index is 0.139. The molecule has 0 radical (unpaired) electrons. The Hall–Kier alpha value is 0.270. The first-order valence-corrected chi connectivity index (χ1v) is 7.36. The molecule has 1 heterocycles. The van der Waals surface area contributed by atoms with Crippen LogP contribution in [0.1, 0.15) is 39.0 Å². The average molecular weight is 228 g/mol. The van der Waals surface area contributed by atoms with Gasteiger partial charge in [0.25, 0.3) is 0 Å². The summed E-state index contributed by atoms with van der Waals surface area (Å²) in [4.78, 5) is 2.59. The third kappa shape index (κ3) is 3.36. The van der Waals surface area contributed by atoms with E-state index in [1.54, 1.807) is 0 Å². The van der Waals surface area contributed by atoms with Gasteiger partial charge in [-0.2, -0.15) is 11.8 Å². The molecule has 1 aliphatic carbocycles. The van der Waals surface area contributed by atoms with Gasteiger partial charge in [0.2, 0.25) is 0 Å². The molecule has 2 nitrogen and oxygen atoms in total. The highest BCUT2D eigenvalue weighted by Crippen LogP contribution is 2.28. The molecule has 0 aromatic rings. The lowest BCUT2D eigenvalue weighted by atomic mass is 9.82. The SMILES string of the molecule is CC1CN(CC2(N)CCCCC2)CCS1. The van der Waals surface area contributed by atoms with E-state index < -0.39 is 0 Å². The Kier molecular flexibility index (Phi) is 3.97. The molecule has 0 aromatic carbocycles. The smallest absolute Gasteiger partial charge is 0.0283 e. The van der Waals surface area contributed by atoms with Crippen molar-refractivity contribution in [2.24, 2.45) is 5.73 Å². The fourth-order valence-corrected chi connectivity index (χ4v) is 3.98. The summed E-state index contributed by atoms with van der Waals surface area (Å²) in [5.41, 5.74) is 6.63. The van der Waals surface area contributed by atoms with E-state index in [0.717, 1.165) is 11.8 Å². The van der Waals surface area contributed by atoms with Crippen LogP contribution < -0.4 is 5.73 Å². The molecule has 1 atom stereocenters. The van der Waals surface area contributed by atoms with Crippen LogP contribution in [0.5, 0.6) is 0 Å². The number of hydrogen-bond donors (Lipinski definition) is 1. The second-order valence-electron chi connectivity index (χ2n) is 5.34. The standard InChI is InChI=1S/C12H24N2S/c1-11-9-14(7-8-15-11)10-12(13)5-3-2-4-6-12/h11H,2-10,13H2,1H3. The van der Waals surface area contributed by atoms with E-state index in [4.69, 9.17) is 5.73 Å². The third-order valence-corrected chi connectivity index (χ3v) is 4.85. The first kappa shape index (κ1) is 11.7. The van der Waals surface area contributed by atoms with Crippen molar-refractivity contribution in [2.75, 3.05) is 25.4 Å². The molecule has 0 amide bonds. The van der Waals surface area contributed by atoms with Gasteiger partial charge in [-0.25, -0.2) is 0 Å². The van der Waals surface area contributed by atoms with Gasteiger partial charge in [-0.15, -0.1) is 0 Å². The molecule has 1 saturated carbocycles. The van der Waals surface area contributed by atoms with E-state index in [9.17, 15) is 0 Å². The Morgan fingerprint density at radius 1 is 1.33 bits per heavy atom. The number of nitrogens with two attached hydrogens (primary N) is 1. The first-order valence-electron chi connectivity index (χ1n) is 6.31. The molecule has 1 saturated heterocycles. The molecule has 3 heteroatoms. The normalized spacial score (nSPS) is 32.8. The van der Waals surface area contributed by atoms with E-state index >= 15 is 0 Å². The highest BCUT2D eigenvalue weighted by atomic mass is 32.2. The highest BCUT2D eigenvalue weighted by molar-refractivity contribution is 7.99. The van der Waals surface area contributed by atoms with Gasteiger partial charge in [0.05, 0.1) is 0 Å². The van der Waals surface area contributed by atoms with Crippen LogP contribution >= 0.6 is 11.8 Å². The van der Waals surface area contributed by atoms with Crippen molar-refractivity contribution in [1.82, 2.24) is 4.90 Å². The van der Waals surface area contributed by atoms with Crippen LogP contribution in [0.2, 0.25) is 0 Å². The second-order valence-corrected chi connectivity index (χ2v) is 6.89. The first-order chi connectivity index (χ1) is 7.18. The molecular formula is C12H24N2S. The summed E-state index contributed by atoms with van der Waals surface area (Å²) < 4.78 is 0. The fourth-order valence-electron chi connectivity index (χ4n) is 2.89. The second kappa shape index (κ2) is 5.07. The molecule has 1 aliphatic heterocycles. The van der Waals surface area contributed by atoms with Gasteiger partial charge in [-0.3, -0.25) is 4.90 Å². The van der Waals surface area contributed by atoms with E-state index in [1.165, 1.54) is 50.9 Å². The van der Waals surface area contributed by atoms with Crippen LogP contribution in [-0.4, -0.2) is 41.1 Å². The molecule has 2 fully saturated rings. The number of hydrogen-bond acceptors (Lipinski definition) is 3. The summed E-state index contributed by atoms with van der Waals surface area (Å²) in [5.74, 6) is 1.29. The number of rotatable bonds is 2. The lowest BCUT2D eigenvalue weighted by Crippen LogP contribution is -2.53. The summed E-state index contributed by atoms with van der Waals surface area (Å²) in [5, 5.41) is 0.797. The van der Waals surface area contributed by atoms with Crippen LogP contribution in [0, 0.1) is 0 Å². The van der Waals surface area contributed by atoms with Crippen molar-refractivity contribution in [1.29, 1.82) is 0 Å². The van der Waals surface area contributed by atoms with Crippen LogP contribution in [0.3, 0.4) is 0 Å². The van der Waals surface area contributed by atoms with Crippen LogP contribution in [0.4, 0.5) is 0 Å². The topological polar surface area (TPSA) is 29.3 Å². The molecule has 15 heavy (non-hydrogen) atoms. The Morgan fingerprint density at radius 2 is 2.07 bits per heavy atom. The molecule has 0 spiro atoms. The zero-order chi connectivity index (χ0) is 10.7. The summed E-state index contributed by atoms with van der Waals surface area (Å²) in [7, 11) is 0. The predicted molar refractivity (Wildman–Crippen MR) is 68.4 cm³/mol. The highest BCUT2D eigenvalue weighted by Gasteiger charge is 2.30. The van der Waals surface area contributed by atoms with Gasteiger partial charge in [-0.1, -0.05) is 26.2 Å². The average Bonchev–Trinajstić information content (AvgIpc) is 2.18. The molecule has 0 aromatic heterocycles. The van der Waals surface area contributed by atoms with E-state index in [1.807, 2.05) is 0 Å². The van der Waals surface area contributed by atoms with Crippen molar-refractivity contribution < 1.29 is 0 Å². The molecule has 2 aliphatic rings. The summed E-state index contributed by atoms with van der Waals surface area (Å²) in [6.45, 7) is 5.95. The zero-order valence-corrected chi connectivity index (χ0v) is 10.7. The Balaban J connectivity index is 1.83. The van der Waals surface area contributed by atoms with Gasteiger partial charge >= 0.3 is 0 Å². The van der Waals surface area contributed by atoms with Crippen molar-refractivity contribution in [3.05, 3.63) is 0 Å². The van der Waals surface area contributed by atoms with Gasteiger partial charge in [0.15, 0.2) is 0 Å². The molecule has 2 N–H and O–H groups in total. The monoisotopic (exact) mass is 228 g/mol. The molecule has 2 rings (SSSR count). The number of nitrogens with zero attached hydrogens (tertiary/aromatic N) is 1. The largest absolute Gasteiger partial charge is 0.324 e. The van der Waals surface area contributed by atoms with Crippen LogP contribution in [0.15, 0.2) is 0 Å². The maximum absolute atomic E-state index is 6.49. The molecular weight excluding hydrogens is 204 g/mol. The van der Waals surface area contributed by atoms with Gasteiger partial charge < -0.3 is 5.73 Å². The fraction of sp³-hybridized carbons (Fsp3) is 1.00. The van der Waals surface area contributed by atoms with E-state index in [0.29, 0.717) is 0 Å². The zero-order valence-electron chi connectivity index (χ0n) is 9.87. The van der Waals surface area contributed by atoms with Crippen molar-refractivity contribution in [3.63, 3.8) is 0 Å². The molecule has 1 unspecified atom stereocenters. The Morgan fingerprint density at radius 3 is 2.73 bits per heavy atom. The Labute approximate surface area is 98.0 Å². The summed E-state index contributed by atoms with van der Waals surface area (Å²) >= 11 is 2.10.